The van der Waals surface area contributed by atoms with E-state index in [2.05, 4.69) is 44.1 Å². The second-order valence-corrected chi connectivity index (χ2v) is 12.1. The summed E-state index contributed by atoms with van der Waals surface area (Å²) in [6.07, 6.45) is 1.96. The summed E-state index contributed by atoms with van der Waals surface area (Å²) in [6.45, 7) is 5.37. The number of hydrogen-bond donors (Lipinski definition) is 3. The number of H-pyrrole nitrogens is 2. The molecule has 4 N–H and O–H groups in total. The first-order chi connectivity index (χ1) is 19.1. The first-order valence-corrected chi connectivity index (χ1v) is 14.0. The van der Waals surface area contributed by atoms with Gasteiger partial charge in [-0.25, -0.2) is 4.98 Å². The van der Waals surface area contributed by atoms with Crippen molar-refractivity contribution < 1.29 is 14.3 Å². The van der Waals surface area contributed by atoms with Crippen LogP contribution in [-0.2, 0) is 20.7 Å². The minimum atomic E-state index is -0.920. The van der Waals surface area contributed by atoms with Gasteiger partial charge in [0.25, 0.3) is 0 Å². The highest BCUT2D eigenvalue weighted by molar-refractivity contribution is 9.10. The smallest absolute Gasteiger partial charge is 0.308 e. The fraction of sp³-hybridized carbons (Fsp3) is 0.219. The average molecular weight is 598 g/mol. The van der Waals surface area contributed by atoms with E-state index < -0.39 is 17.6 Å². The summed E-state index contributed by atoms with van der Waals surface area (Å²) in [4.78, 5) is 37.1. The Labute approximate surface area is 239 Å². The van der Waals surface area contributed by atoms with Gasteiger partial charge < -0.3 is 20.4 Å². The molecule has 6 rings (SSSR count). The highest BCUT2D eigenvalue weighted by atomic mass is 79.9. The van der Waals surface area contributed by atoms with E-state index in [1.165, 1.54) is 0 Å². The molecule has 8 heteroatoms. The molecule has 6 aromatic rings. The highest BCUT2D eigenvalue weighted by Crippen LogP contribution is 2.37. The maximum absolute atomic E-state index is 12.9. The third kappa shape index (κ3) is 4.89. The van der Waals surface area contributed by atoms with Crippen LogP contribution >= 0.6 is 15.9 Å². The fourth-order valence-corrected chi connectivity index (χ4v) is 5.62. The largest absolute Gasteiger partial charge is 0.460 e. The van der Waals surface area contributed by atoms with Crippen LogP contribution in [0.3, 0.4) is 0 Å². The van der Waals surface area contributed by atoms with Crippen LogP contribution in [0.25, 0.3) is 54.9 Å². The van der Waals surface area contributed by atoms with Crippen LogP contribution in [0, 0.1) is 0 Å². The van der Waals surface area contributed by atoms with Crippen LogP contribution in [-0.4, -0.2) is 38.3 Å². The van der Waals surface area contributed by atoms with Crippen molar-refractivity contribution in [3.05, 3.63) is 76.9 Å². The zero-order chi connectivity index (χ0) is 28.2. The Morgan fingerprint density at radius 3 is 2.52 bits per heavy atom. The second-order valence-electron chi connectivity index (χ2n) is 11.2. The van der Waals surface area contributed by atoms with E-state index in [1.54, 1.807) is 20.8 Å². The van der Waals surface area contributed by atoms with Gasteiger partial charge in [0, 0.05) is 44.3 Å². The summed E-state index contributed by atoms with van der Waals surface area (Å²) in [5, 5.41) is 5.19. The lowest BCUT2D eigenvalue weighted by Crippen LogP contribution is -2.36. The minimum absolute atomic E-state index is 0.130. The number of imidazole rings is 1. The van der Waals surface area contributed by atoms with Gasteiger partial charge in [0.1, 0.15) is 11.4 Å². The third-order valence-corrected chi connectivity index (χ3v) is 7.52. The summed E-state index contributed by atoms with van der Waals surface area (Å²) >= 11 is 3.58. The zero-order valence-corrected chi connectivity index (χ0v) is 24.1. The molecule has 0 unspecified atom stereocenters. The Morgan fingerprint density at radius 2 is 1.75 bits per heavy atom. The zero-order valence-electron chi connectivity index (χ0n) is 22.5. The number of fused-ring (bicyclic) bond motifs is 7. The third-order valence-electron chi connectivity index (χ3n) is 7.03. The molecule has 7 nitrogen and oxygen atoms in total. The van der Waals surface area contributed by atoms with Gasteiger partial charge in [-0.15, -0.1) is 0 Å². The minimum Gasteiger partial charge on any atom is -0.460 e. The lowest BCUT2D eigenvalue weighted by Gasteiger charge is -2.20. The number of nitrogens with zero attached hydrogens (tertiary/aromatic N) is 1. The van der Waals surface area contributed by atoms with Gasteiger partial charge in [-0.1, -0.05) is 58.4 Å². The lowest BCUT2D eigenvalue weighted by atomic mass is 9.95. The molecule has 0 fully saturated rings. The maximum atomic E-state index is 12.9. The molecule has 0 saturated heterocycles. The molecule has 0 bridgehead atoms. The van der Waals surface area contributed by atoms with Crippen molar-refractivity contribution in [2.24, 2.45) is 5.73 Å². The molecule has 202 valence electrons. The van der Waals surface area contributed by atoms with Crippen LogP contribution in [0.4, 0.5) is 0 Å². The normalized spacial score (nSPS) is 12.9. The monoisotopic (exact) mass is 596 g/mol. The van der Waals surface area contributed by atoms with Crippen LogP contribution in [0.2, 0.25) is 0 Å². The first-order valence-electron chi connectivity index (χ1n) is 13.2. The fourth-order valence-electron chi connectivity index (χ4n) is 5.25. The van der Waals surface area contributed by atoms with Crippen LogP contribution in [0.5, 0.6) is 0 Å². The highest BCUT2D eigenvalue weighted by Gasteiger charge is 2.23. The summed E-state index contributed by atoms with van der Waals surface area (Å²) in [5.41, 5.74) is 10.2. The molecule has 0 amide bonds. The van der Waals surface area contributed by atoms with Gasteiger partial charge in [-0.3, -0.25) is 9.59 Å². The molecule has 0 saturated carbocycles. The predicted octanol–water partition coefficient (Wildman–Crippen LogP) is 6.95. The number of hydrogen-bond acceptors (Lipinski definition) is 5. The number of ketones is 1. The molecule has 2 aromatic heterocycles. The van der Waals surface area contributed by atoms with E-state index in [1.807, 2.05) is 48.7 Å². The second kappa shape index (κ2) is 9.87. The van der Waals surface area contributed by atoms with Gasteiger partial charge in [0.2, 0.25) is 0 Å². The molecule has 4 aromatic carbocycles. The summed E-state index contributed by atoms with van der Waals surface area (Å²) in [5.74, 6) is 0.104. The molecule has 0 radical (unpaired) electrons. The Hall–Kier alpha value is -4.01. The Morgan fingerprint density at radius 1 is 0.975 bits per heavy atom. The molecule has 1 atom stereocenters. The molecule has 2 heterocycles. The number of halogens is 1. The number of carbonyl (C=O) groups is 2. The van der Waals surface area contributed by atoms with E-state index in [-0.39, 0.29) is 18.6 Å². The van der Waals surface area contributed by atoms with Gasteiger partial charge >= 0.3 is 5.97 Å². The van der Waals surface area contributed by atoms with E-state index in [9.17, 15) is 9.59 Å². The molecule has 0 aliphatic rings. The van der Waals surface area contributed by atoms with Gasteiger partial charge in [-0.2, -0.15) is 0 Å². The Bertz CT molecular complexity index is 1950. The van der Waals surface area contributed by atoms with Gasteiger partial charge in [0.15, 0.2) is 5.78 Å². The lowest BCUT2D eigenvalue weighted by molar-refractivity contribution is -0.156. The van der Waals surface area contributed by atoms with Crippen molar-refractivity contribution in [3.63, 3.8) is 0 Å². The first kappa shape index (κ1) is 26.2. The average Bonchev–Trinajstić information content (AvgIpc) is 3.52. The molecule has 0 aliphatic carbocycles. The quantitative estimate of drug-likeness (QED) is 0.142. The predicted molar refractivity (Wildman–Crippen MR) is 163 cm³/mol. The van der Waals surface area contributed by atoms with E-state index in [4.69, 9.17) is 15.5 Å². The summed E-state index contributed by atoms with van der Waals surface area (Å²) in [6, 6.07) is 19.4. The van der Waals surface area contributed by atoms with Crippen LogP contribution in [0.1, 0.15) is 32.8 Å². The number of rotatable bonds is 6. The number of nitrogens with one attached hydrogen (secondary N) is 2. The number of aromatic amines is 2. The van der Waals surface area contributed by atoms with E-state index in [0.29, 0.717) is 0 Å². The number of aromatic nitrogens is 3. The van der Waals surface area contributed by atoms with Crippen molar-refractivity contribution in [1.29, 1.82) is 0 Å². The van der Waals surface area contributed by atoms with Crippen molar-refractivity contribution in [3.8, 4) is 11.4 Å². The van der Waals surface area contributed by atoms with Crippen molar-refractivity contribution in [2.75, 3.05) is 0 Å². The molecular weight excluding hydrogens is 568 g/mol. The number of ether oxygens (including phenoxy) is 1. The standard InChI is InChI=1S/C32H29BrN4O3/c1-32(2,3)40-28(39)15-25(34)27(38)13-17-8-10-21-22(12-17)19-6-4-5-7-20(19)29-30(21)37-31(36-29)24-16-35-26-11-9-18(33)14-23(24)26/h4-12,14,16,25,35H,13,15,34H2,1-3H3,(H,36,37)/t25-/m1/s1. The molecule has 40 heavy (non-hydrogen) atoms. The summed E-state index contributed by atoms with van der Waals surface area (Å²) < 4.78 is 6.33. The van der Waals surface area contributed by atoms with Crippen LogP contribution < -0.4 is 5.73 Å². The number of nitrogens with two attached hydrogens (primary N) is 1. The van der Waals surface area contributed by atoms with Crippen LogP contribution in [0.15, 0.2) is 71.3 Å². The maximum Gasteiger partial charge on any atom is 0.308 e. The van der Waals surface area contributed by atoms with Gasteiger partial charge in [0.05, 0.1) is 23.5 Å². The Kier molecular flexibility index (Phi) is 6.47. The van der Waals surface area contributed by atoms with Crippen molar-refractivity contribution in [1.82, 2.24) is 15.0 Å². The number of carbonyl (C=O) groups excluding carboxylic acids is 2. The molecular formula is C32H29BrN4O3. The topological polar surface area (TPSA) is 114 Å². The van der Waals surface area contributed by atoms with E-state index >= 15 is 0 Å². The molecule has 0 spiro atoms. The van der Waals surface area contributed by atoms with E-state index in [0.717, 1.165) is 64.9 Å². The van der Waals surface area contributed by atoms with Crippen molar-refractivity contribution in [2.45, 2.75) is 45.3 Å². The number of benzene rings is 4. The summed E-state index contributed by atoms with van der Waals surface area (Å²) in [7, 11) is 0. The Balaban J connectivity index is 1.39. The van der Waals surface area contributed by atoms with Gasteiger partial charge in [-0.05, 0) is 55.3 Å². The van der Waals surface area contributed by atoms with Crippen molar-refractivity contribution >= 4 is 71.2 Å². The molecule has 0 aliphatic heterocycles. The number of esters is 1. The SMILES string of the molecule is CC(C)(C)OC(=O)C[C@@H](N)C(=O)Cc1ccc2c(c1)c1ccccc1c1nc(-c3c[nH]c4ccc(Br)cc34)[nH]c21. The number of Topliss-reactive ketones (excluding diaryl/α,β-unsaturated/α-hetero) is 1.